The number of halogens is 2. The number of benzene rings is 1. The van der Waals surface area contributed by atoms with Crippen LogP contribution in [0.2, 0.25) is 5.02 Å². The summed E-state index contributed by atoms with van der Waals surface area (Å²) < 4.78 is 13.0. The van der Waals surface area contributed by atoms with E-state index in [0.717, 1.165) is 0 Å². The average Bonchev–Trinajstić information content (AvgIpc) is 2.20. The zero-order valence-corrected chi connectivity index (χ0v) is 8.84. The topological polar surface area (TPSA) is 40.5 Å². The zero-order chi connectivity index (χ0) is 10.7. The van der Waals surface area contributed by atoms with Crippen LogP contribution < -0.4 is 0 Å². The van der Waals surface area contributed by atoms with Gasteiger partial charge in [0.1, 0.15) is 11.9 Å². The Morgan fingerprint density at radius 3 is 2.64 bits per heavy atom. The molecule has 2 atom stereocenters. The van der Waals surface area contributed by atoms with Crippen LogP contribution in [0.3, 0.4) is 0 Å². The minimum absolute atomic E-state index is 0.0774. The van der Waals surface area contributed by atoms with Gasteiger partial charge in [0, 0.05) is 11.3 Å². The van der Waals surface area contributed by atoms with Crippen LogP contribution in [0.15, 0.2) is 18.2 Å². The highest BCUT2D eigenvalue weighted by Gasteiger charge is 2.20. The molecule has 0 aliphatic heterocycles. The molecule has 1 aromatic rings. The number of rotatable bonds is 3. The van der Waals surface area contributed by atoms with Crippen LogP contribution in [0, 0.1) is 5.82 Å². The molecule has 0 amide bonds. The summed E-state index contributed by atoms with van der Waals surface area (Å²) in [6, 6.07) is 4.07. The first-order chi connectivity index (χ1) is 6.57. The van der Waals surface area contributed by atoms with Gasteiger partial charge in [-0.2, -0.15) is 12.6 Å². The number of aliphatic hydroxyl groups excluding tert-OH is 2. The third-order valence-electron chi connectivity index (χ3n) is 1.85. The van der Waals surface area contributed by atoms with Crippen LogP contribution in [0.4, 0.5) is 4.39 Å². The van der Waals surface area contributed by atoms with Crippen molar-refractivity contribution < 1.29 is 14.6 Å². The molecule has 2 N–H and O–H groups in total. The molecule has 2 nitrogen and oxygen atoms in total. The molecule has 0 aliphatic carbocycles. The summed E-state index contributed by atoms with van der Waals surface area (Å²) in [5, 5.41) is 18.7. The van der Waals surface area contributed by atoms with Gasteiger partial charge in [-0.05, 0) is 6.07 Å². The van der Waals surface area contributed by atoms with E-state index in [1.165, 1.54) is 18.2 Å². The van der Waals surface area contributed by atoms with E-state index < -0.39 is 18.0 Å². The highest BCUT2D eigenvalue weighted by atomic mass is 35.5. The molecule has 0 aromatic heterocycles. The summed E-state index contributed by atoms with van der Waals surface area (Å²) in [6.07, 6.45) is -2.27. The molecule has 78 valence electrons. The van der Waals surface area contributed by atoms with Gasteiger partial charge < -0.3 is 10.2 Å². The van der Waals surface area contributed by atoms with Gasteiger partial charge in [-0.1, -0.05) is 23.7 Å². The first-order valence-electron chi connectivity index (χ1n) is 3.98. The van der Waals surface area contributed by atoms with E-state index in [2.05, 4.69) is 12.6 Å². The molecule has 0 aliphatic rings. The average molecular weight is 237 g/mol. The van der Waals surface area contributed by atoms with Gasteiger partial charge in [-0.3, -0.25) is 0 Å². The van der Waals surface area contributed by atoms with Crippen molar-refractivity contribution in [3.63, 3.8) is 0 Å². The zero-order valence-electron chi connectivity index (χ0n) is 7.19. The molecule has 0 saturated heterocycles. The van der Waals surface area contributed by atoms with Crippen LogP contribution >= 0.6 is 24.2 Å². The standard InChI is InChI=1S/C9H10ClFO2S/c10-8-5(2-1-3-6(8)11)9(13)7(12)4-14/h1-3,7,9,12-14H,4H2. The molecule has 1 rings (SSSR count). The van der Waals surface area contributed by atoms with E-state index in [4.69, 9.17) is 11.6 Å². The predicted molar refractivity (Wildman–Crippen MR) is 56.2 cm³/mol. The molecule has 14 heavy (non-hydrogen) atoms. The lowest BCUT2D eigenvalue weighted by molar-refractivity contribution is 0.0336. The Morgan fingerprint density at radius 1 is 1.43 bits per heavy atom. The van der Waals surface area contributed by atoms with Crippen LogP contribution in [0.25, 0.3) is 0 Å². The largest absolute Gasteiger partial charge is 0.389 e. The fourth-order valence-corrected chi connectivity index (χ4v) is 1.49. The van der Waals surface area contributed by atoms with Gasteiger partial charge in [-0.15, -0.1) is 0 Å². The smallest absolute Gasteiger partial charge is 0.142 e. The minimum atomic E-state index is -1.21. The SMILES string of the molecule is OC(CS)C(O)c1cccc(F)c1Cl. The van der Waals surface area contributed by atoms with Crippen molar-refractivity contribution in [3.05, 3.63) is 34.6 Å². The number of thiol groups is 1. The van der Waals surface area contributed by atoms with Crippen LogP contribution in [-0.4, -0.2) is 22.1 Å². The highest BCUT2D eigenvalue weighted by molar-refractivity contribution is 7.80. The lowest BCUT2D eigenvalue weighted by Gasteiger charge is -2.17. The maximum Gasteiger partial charge on any atom is 0.142 e. The quantitative estimate of drug-likeness (QED) is 0.701. The number of aliphatic hydroxyl groups is 2. The van der Waals surface area contributed by atoms with E-state index in [9.17, 15) is 14.6 Å². The van der Waals surface area contributed by atoms with E-state index in [1.54, 1.807) is 0 Å². The van der Waals surface area contributed by atoms with Crippen molar-refractivity contribution in [2.45, 2.75) is 12.2 Å². The molecule has 2 unspecified atom stereocenters. The third kappa shape index (κ3) is 2.39. The fourth-order valence-electron chi connectivity index (χ4n) is 1.06. The summed E-state index contributed by atoms with van der Waals surface area (Å²) in [5.41, 5.74) is 0.174. The minimum Gasteiger partial charge on any atom is -0.389 e. The Kier molecular flexibility index (Phi) is 4.19. The maximum atomic E-state index is 13.0. The first-order valence-corrected chi connectivity index (χ1v) is 5.00. The normalized spacial score (nSPS) is 15.2. The van der Waals surface area contributed by atoms with Gasteiger partial charge in [0.2, 0.25) is 0 Å². The van der Waals surface area contributed by atoms with E-state index >= 15 is 0 Å². The van der Waals surface area contributed by atoms with Crippen LogP contribution in [-0.2, 0) is 0 Å². The van der Waals surface area contributed by atoms with Gasteiger partial charge in [0.15, 0.2) is 0 Å². The molecule has 0 heterocycles. The van der Waals surface area contributed by atoms with Gasteiger partial charge >= 0.3 is 0 Å². The van der Waals surface area contributed by atoms with Crippen molar-refractivity contribution in [3.8, 4) is 0 Å². The highest BCUT2D eigenvalue weighted by Crippen LogP contribution is 2.27. The lowest BCUT2D eigenvalue weighted by atomic mass is 10.1. The second-order valence-electron chi connectivity index (χ2n) is 2.84. The van der Waals surface area contributed by atoms with Gasteiger partial charge in [0.25, 0.3) is 0 Å². The molecule has 1 aromatic carbocycles. The monoisotopic (exact) mass is 236 g/mol. The third-order valence-corrected chi connectivity index (χ3v) is 2.62. The lowest BCUT2D eigenvalue weighted by Crippen LogP contribution is -2.20. The van der Waals surface area contributed by atoms with Crippen molar-refractivity contribution in [1.29, 1.82) is 0 Å². The molecule has 0 spiro atoms. The van der Waals surface area contributed by atoms with Gasteiger partial charge in [-0.25, -0.2) is 4.39 Å². The summed E-state index contributed by atoms with van der Waals surface area (Å²) in [4.78, 5) is 0. The fraction of sp³-hybridized carbons (Fsp3) is 0.333. The molecule has 0 saturated carbocycles. The second-order valence-corrected chi connectivity index (χ2v) is 3.58. The van der Waals surface area contributed by atoms with Gasteiger partial charge in [0.05, 0.1) is 11.1 Å². The molecule has 5 heteroatoms. The van der Waals surface area contributed by atoms with Crippen molar-refractivity contribution in [2.24, 2.45) is 0 Å². The Balaban J connectivity index is 3.01. The molecule has 0 fully saturated rings. The Hall–Kier alpha value is -0.290. The predicted octanol–water partition coefficient (Wildman–Crippen LogP) is 1.80. The molecule has 0 radical (unpaired) electrons. The van der Waals surface area contributed by atoms with Crippen LogP contribution in [0.5, 0.6) is 0 Å². The van der Waals surface area contributed by atoms with Crippen LogP contribution in [0.1, 0.15) is 11.7 Å². The number of hydrogen-bond donors (Lipinski definition) is 3. The molecular formula is C9H10ClFO2S. The Bertz CT molecular complexity index is 322. The van der Waals surface area contributed by atoms with E-state index in [1.807, 2.05) is 0 Å². The number of hydrogen-bond acceptors (Lipinski definition) is 3. The van der Waals surface area contributed by atoms with Crippen molar-refractivity contribution >= 4 is 24.2 Å². The van der Waals surface area contributed by atoms with E-state index in [0.29, 0.717) is 0 Å². The summed E-state index contributed by atoms with van der Waals surface area (Å²) in [6.45, 7) is 0. The first kappa shape index (κ1) is 11.8. The Morgan fingerprint density at radius 2 is 2.07 bits per heavy atom. The Labute approximate surface area is 91.7 Å². The van der Waals surface area contributed by atoms with Crippen molar-refractivity contribution in [2.75, 3.05) is 5.75 Å². The van der Waals surface area contributed by atoms with E-state index in [-0.39, 0.29) is 16.3 Å². The van der Waals surface area contributed by atoms with Crippen molar-refractivity contribution in [1.82, 2.24) is 0 Å². The summed E-state index contributed by atoms with van der Waals surface area (Å²) >= 11 is 9.44. The summed E-state index contributed by atoms with van der Waals surface area (Å²) in [5.74, 6) is -0.539. The molecular weight excluding hydrogens is 227 g/mol. The maximum absolute atomic E-state index is 13.0. The second kappa shape index (κ2) is 4.98. The summed E-state index contributed by atoms with van der Waals surface area (Å²) in [7, 11) is 0. The molecule has 0 bridgehead atoms.